The van der Waals surface area contributed by atoms with Crippen LogP contribution in [-0.2, 0) is 10.8 Å². The minimum atomic E-state index is -0.169. The van der Waals surface area contributed by atoms with Crippen LogP contribution in [0, 0.1) is 0 Å². The van der Waals surface area contributed by atoms with Gasteiger partial charge in [0, 0.05) is 22.2 Å². The zero-order valence-electron chi connectivity index (χ0n) is 35.5. The van der Waals surface area contributed by atoms with Crippen LogP contribution in [0.3, 0.4) is 0 Å². The summed E-state index contributed by atoms with van der Waals surface area (Å²) >= 11 is 0. The summed E-state index contributed by atoms with van der Waals surface area (Å²) in [6.07, 6.45) is 0. The number of hydrogen-bond acceptors (Lipinski definition) is 2. The number of hydrogen-bond donors (Lipinski definition) is 0. The zero-order valence-corrected chi connectivity index (χ0v) is 35.5. The number of anilines is 6. The molecule has 0 radical (unpaired) electrons. The van der Waals surface area contributed by atoms with Gasteiger partial charge in [-0.15, -0.1) is 0 Å². The Hall–Kier alpha value is -7.42. The van der Waals surface area contributed by atoms with E-state index in [1.54, 1.807) is 0 Å². The van der Waals surface area contributed by atoms with E-state index in [-0.39, 0.29) is 10.8 Å². The summed E-state index contributed by atoms with van der Waals surface area (Å²) in [6, 6.07) is 76.8. The summed E-state index contributed by atoms with van der Waals surface area (Å²) in [4.78, 5) is 4.92. The highest BCUT2D eigenvalue weighted by molar-refractivity contribution is 6.26. The van der Waals surface area contributed by atoms with Crippen LogP contribution in [0.25, 0.3) is 54.6 Å². The fourth-order valence-electron chi connectivity index (χ4n) is 10.9. The summed E-state index contributed by atoms with van der Waals surface area (Å²) in [5, 5.41) is 7.58. The van der Waals surface area contributed by atoms with Crippen LogP contribution in [0.1, 0.15) is 49.9 Å². The molecule has 0 bridgehead atoms. The summed E-state index contributed by atoms with van der Waals surface area (Å²) in [5.41, 5.74) is 17.1. The molecule has 0 saturated carbocycles. The molecule has 0 spiro atoms. The van der Waals surface area contributed by atoms with Gasteiger partial charge in [-0.1, -0.05) is 173 Å². The van der Waals surface area contributed by atoms with Crippen molar-refractivity contribution in [2.24, 2.45) is 0 Å². The summed E-state index contributed by atoms with van der Waals surface area (Å²) in [7, 11) is 0. The third kappa shape index (κ3) is 5.29. The summed E-state index contributed by atoms with van der Waals surface area (Å²) in [5.74, 6) is 0. The van der Waals surface area contributed by atoms with E-state index in [1.165, 1.54) is 99.6 Å². The monoisotopic (exact) mass is 794 g/mol. The van der Waals surface area contributed by atoms with E-state index in [2.05, 4.69) is 244 Å². The van der Waals surface area contributed by atoms with E-state index < -0.39 is 0 Å². The maximum absolute atomic E-state index is 2.46. The first-order chi connectivity index (χ1) is 30.3. The van der Waals surface area contributed by atoms with Crippen LogP contribution in [0.15, 0.2) is 206 Å². The SMILES string of the molecule is CC1(C)c2ccccc2N(c2ccccc2)c2cc(-c3cc4cc(-c5ccc6c(c5)N(c5ccccc5)c5ccccc5C6(C)C)c5ccccc5c4c4ccccc34)ccc21. The molecule has 0 fully saturated rings. The van der Waals surface area contributed by atoms with Gasteiger partial charge < -0.3 is 9.80 Å². The topological polar surface area (TPSA) is 6.48 Å². The molecular weight excluding hydrogens is 749 g/mol. The highest BCUT2D eigenvalue weighted by Gasteiger charge is 2.38. The zero-order chi connectivity index (χ0) is 41.7. The lowest BCUT2D eigenvalue weighted by molar-refractivity contribution is 0.632. The van der Waals surface area contributed by atoms with Gasteiger partial charge in [0.05, 0.1) is 22.7 Å². The van der Waals surface area contributed by atoms with E-state index in [0.717, 1.165) is 11.4 Å². The third-order valence-electron chi connectivity index (χ3n) is 14.0. The molecule has 0 saturated heterocycles. The second-order valence-corrected chi connectivity index (χ2v) is 18.1. The average Bonchev–Trinajstić information content (AvgIpc) is 3.31. The number of fused-ring (bicyclic) bond motifs is 9. The van der Waals surface area contributed by atoms with E-state index in [0.29, 0.717) is 0 Å². The summed E-state index contributed by atoms with van der Waals surface area (Å²) < 4.78 is 0. The van der Waals surface area contributed by atoms with Crippen molar-refractivity contribution < 1.29 is 0 Å². The Labute approximate surface area is 364 Å². The molecule has 0 atom stereocenters. The van der Waals surface area contributed by atoms with Gasteiger partial charge in [0.2, 0.25) is 0 Å². The first kappa shape index (κ1) is 36.4. The minimum absolute atomic E-state index is 0.169. The molecule has 0 unspecified atom stereocenters. The normalized spacial score (nSPS) is 14.6. The van der Waals surface area contributed by atoms with Crippen molar-refractivity contribution in [3.63, 3.8) is 0 Å². The third-order valence-corrected chi connectivity index (χ3v) is 14.0. The maximum atomic E-state index is 2.46. The van der Waals surface area contributed by atoms with E-state index >= 15 is 0 Å². The lowest BCUT2D eigenvalue weighted by Gasteiger charge is -2.42. The quantitative estimate of drug-likeness (QED) is 0.164. The number of rotatable bonds is 4. The Morgan fingerprint density at radius 3 is 1.10 bits per heavy atom. The van der Waals surface area contributed by atoms with Gasteiger partial charge in [0.15, 0.2) is 0 Å². The van der Waals surface area contributed by atoms with Gasteiger partial charge >= 0.3 is 0 Å². The standard InChI is InChI=1S/C60H46N2/c1-59(2)50-27-15-17-29-54(50)61(42-19-7-5-8-20-42)56-37-39(31-33-52(56)59)48-35-41-36-49(45-24-12-14-26-47(45)58(41)46-25-13-11-23-44(46)48)40-32-34-53-57(38-40)62(43-21-9-6-10-22-43)55-30-18-16-28-51(55)60(53,3)4/h5-38H,1-4H3. The van der Waals surface area contributed by atoms with Gasteiger partial charge in [-0.2, -0.15) is 0 Å². The van der Waals surface area contributed by atoms with Gasteiger partial charge in [-0.25, -0.2) is 0 Å². The molecule has 0 amide bonds. The van der Waals surface area contributed by atoms with Crippen molar-refractivity contribution in [2.45, 2.75) is 38.5 Å². The number of nitrogens with zero attached hydrogens (tertiary/aromatic N) is 2. The van der Waals surface area contributed by atoms with Crippen molar-refractivity contribution in [3.05, 3.63) is 229 Å². The molecular formula is C60H46N2. The highest BCUT2D eigenvalue weighted by atomic mass is 15.2. The number of benzene rings is 10. The second kappa shape index (κ2) is 13.5. The van der Waals surface area contributed by atoms with Gasteiger partial charge in [0.1, 0.15) is 0 Å². The maximum Gasteiger partial charge on any atom is 0.0508 e. The second-order valence-electron chi connectivity index (χ2n) is 18.1. The Kier molecular flexibility index (Phi) is 7.96. The molecule has 2 aliphatic rings. The van der Waals surface area contributed by atoms with E-state index in [4.69, 9.17) is 0 Å². The molecule has 62 heavy (non-hydrogen) atoms. The molecule has 10 aromatic rings. The van der Waals surface area contributed by atoms with Crippen molar-refractivity contribution in [2.75, 3.05) is 9.80 Å². The lowest BCUT2D eigenvalue weighted by Crippen LogP contribution is -2.30. The molecule has 2 heteroatoms. The first-order valence-electron chi connectivity index (χ1n) is 21.9. The fraction of sp³-hybridized carbons (Fsp3) is 0.100. The van der Waals surface area contributed by atoms with Crippen LogP contribution in [-0.4, -0.2) is 0 Å². The molecule has 0 N–H and O–H groups in total. The average molecular weight is 795 g/mol. The van der Waals surface area contributed by atoms with Crippen LogP contribution in [0.4, 0.5) is 34.1 Å². The minimum Gasteiger partial charge on any atom is -0.310 e. The van der Waals surface area contributed by atoms with Crippen LogP contribution < -0.4 is 9.80 Å². The van der Waals surface area contributed by atoms with Gasteiger partial charge in [0.25, 0.3) is 0 Å². The Morgan fingerprint density at radius 1 is 0.306 bits per heavy atom. The molecule has 2 heterocycles. The van der Waals surface area contributed by atoms with Gasteiger partial charge in [-0.3, -0.25) is 0 Å². The molecule has 2 aliphatic heterocycles. The fourth-order valence-corrected chi connectivity index (χ4v) is 10.9. The largest absolute Gasteiger partial charge is 0.310 e. The summed E-state index contributed by atoms with van der Waals surface area (Å²) in [6.45, 7) is 9.46. The van der Waals surface area contributed by atoms with Crippen LogP contribution in [0.5, 0.6) is 0 Å². The first-order valence-corrected chi connectivity index (χ1v) is 21.9. The number of para-hydroxylation sites is 4. The van der Waals surface area contributed by atoms with Crippen molar-refractivity contribution in [3.8, 4) is 22.3 Å². The molecule has 10 aromatic carbocycles. The molecule has 296 valence electrons. The Bertz CT molecular complexity index is 3190. The van der Waals surface area contributed by atoms with Crippen molar-refractivity contribution in [1.29, 1.82) is 0 Å². The van der Waals surface area contributed by atoms with Crippen LogP contribution in [0.2, 0.25) is 0 Å². The molecule has 0 aromatic heterocycles. The van der Waals surface area contributed by atoms with Crippen molar-refractivity contribution >= 4 is 66.4 Å². The van der Waals surface area contributed by atoms with Gasteiger partial charge in [-0.05, 0) is 137 Å². The predicted molar refractivity (Wildman–Crippen MR) is 263 cm³/mol. The molecule has 0 aliphatic carbocycles. The smallest absolute Gasteiger partial charge is 0.0508 e. The van der Waals surface area contributed by atoms with E-state index in [1.807, 2.05) is 0 Å². The molecule has 12 rings (SSSR count). The van der Waals surface area contributed by atoms with Crippen LogP contribution >= 0.6 is 0 Å². The van der Waals surface area contributed by atoms with Crippen molar-refractivity contribution in [1.82, 2.24) is 0 Å². The molecule has 2 nitrogen and oxygen atoms in total. The lowest BCUT2D eigenvalue weighted by atomic mass is 9.73. The predicted octanol–water partition coefficient (Wildman–Crippen LogP) is 16.7. The Morgan fingerprint density at radius 2 is 0.661 bits per heavy atom. The van der Waals surface area contributed by atoms with E-state index in [9.17, 15) is 0 Å². The highest BCUT2D eigenvalue weighted by Crippen LogP contribution is 2.55. The Balaban J connectivity index is 1.09.